The Morgan fingerprint density at radius 3 is 2.44 bits per heavy atom. The van der Waals surface area contributed by atoms with Gasteiger partial charge in [0.25, 0.3) is 0 Å². The number of hydrogen-bond donors (Lipinski definition) is 1. The molecule has 0 unspecified atom stereocenters. The van der Waals surface area contributed by atoms with E-state index in [9.17, 15) is 9.18 Å². The largest absolute Gasteiger partial charge is 0.497 e. The lowest BCUT2D eigenvalue weighted by Crippen LogP contribution is -2.37. The predicted molar refractivity (Wildman–Crippen MR) is 98.4 cm³/mol. The lowest BCUT2D eigenvalue weighted by molar-refractivity contribution is -0.121. The molecule has 0 aromatic heterocycles. The number of hydrogen-bond acceptors (Lipinski definition) is 2. The molecule has 0 aliphatic heterocycles. The van der Waals surface area contributed by atoms with Gasteiger partial charge in [-0.1, -0.05) is 44.2 Å². The van der Waals surface area contributed by atoms with Crippen molar-refractivity contribution in [1.82, 2.24) is 5.32 Å². The highest BCUT2D eigenvalue weighted by Crippen LogP contribution is 2.24. The van der Waals surface area contributed by atoms with Crippen LogP contribution in [0.1, 0.15) is 37.8 Å². The molecule has 0 saturated carbocycles. The van der Waals surface area contributed by atoms with Crippen LogP contribution in [-0.4, -0.2) is 19.6 Å². The first-order valence-electron chi connectivity index (χ1n) is 8.57. The Morgan fingerprint density at radius 2 is 1.80 bits per heavy atom. The summed E-state index contributed by atoms with van der Waals surface area (Å²) in [6.45, 7) is 4.28. The summed E-state index contributed by atoms with van der Waals surface area (Å²) in [6, 6.07) is 14.6. The summed E-state index contributed by atoms with van der Waals surface area (Å²) in [5.41, 5.74) is 1.35. The maximum Gasteiger partial charge on any atom is 0.220 e. The van der Waals surface area contributed by atoms with E-state index in [2.05, 4.69) is 5.32 Å². The molecule has 1 N–H and O–H groups in total. The molecule has 2 aromatic carbocycles. The summed E-state index contributed by atoms with van der Waals surface area (Å²) in [4.78, 5) is 12.1. The van der Waals surface area contributed by atoms with Crippen LogP contribution in [0.25, 0.3) is 0 Å². The van der Waals surface area contributed by atoms with Crippen LogP contribution in [0.4, 0.5) is 4.39 Å². The molecule has 0 aliphatic carbocycles. The molecule has 0 atom stereocenters. The van der Waals surface area contributed by atoms with Gasteiger partial charge in [0.1, 0.15) is 11.6 Å². The van der Waals surface area contributed by atoms with Crippen molar-refractivity contribution < 1.29 is 13.9 Å². The number of halogens is 1. The lowest BCUT2D eigenvalue weighted by atomic mass is 9.84. The van der Waals surface area contributed by atoms with E-state index in [0.717, 1.165) is 18.6 Å². The maximum absolute atomic E-state index is 13.9. The lowest BCUT2D eigenvalue weighted by Gasteiger charge is -2.26. The number of amides is 1. The Labute approximate surface area is 149 Å². The highest BCUT2D eigenvalue weighted by Gasteiger charge is 2.24. The normalized spacial score (nSPS) is 11.2. The molecule has 3 nitrogen and oxygen atoms in total. The highest BCUT2D eigenvalue weighted by atomic mass is 19.1. The zero-order valence-corrected chi connectivity index (χ0v) is 15.1. The molecule has 25 heavy (non-hydrogen) atoms. The average molecular weight is 343 g/mol. The Bertz CT molecular complexity index is 695. The number of benzene rings is 2. The van der Waals surface area contributed by atoms with Gasteiger partial charge in [-0.05, 0) is 42.2 Å². The molecule has 0 saturated heterocycles. The maximum atomic E-state index is 13.9. The topological polar surface area (TPSA) is 38.3 Å². The second-order valence-corrected chi connectivity index (χ2v) is 6.84. The third kappa shape index (κ3) is 5.59. The number of ether oxygens (including phenoxy) is 1. The number of methoxy groups -OCH3 is 1. The smallest absolute Gasteiger partial charge is 0.220 e. The summed E-state index contributed by atoms with van der Waals surface area (Å²) in [5.74, 6) is 0.594. The molecule has 0 bridgehead atoms. The third-order valence-electron chi connectivity index (χ3n) is 4.36. The third-order valence-corrected chi connectivity index (χ3v) is 4.36. The minimum atomic E-state index is -0.447. The number of rotatable bonds is 8. The fourth-order valence-corrected chi connectivity index (χ4v) is 2.76. The Kier molecular flexibility index (Phi) is 6.57. The van der Waals surface area contributed by atoms with Gasteiger partial charge < -0.3 is 10.1 Å². The van der Waals surface area contributed by atoms with E-state index in [4.69, 9.17) is 4.74 Å². The van der Waals surface area contributed by atoms with E-state index in [1.807, 2.05) is 44.2 Å². The molecule has 0 spiro atoms. The summed E-state index contributed by atoms with van der Waals surface area (Å²) in [6.07, 6.45) is 2.08. The van der Waals surface area contributed by atoms with Crippen molar-refractivity contribution in [1.29, 1.82) is 0 Å². The SMILES string of the molecule is COc1ccc(CCCC(=O)NCC(C)(C)c2ccccc2F)cc1. The predicted octanol–water partition coefficient (Wildman–Crippen LogP) is 4.25. The van der Waals surface area contributed by atoms with Crippen molar-refractivity contribution in [3.63, 3.8) is 0 Å². The van der Waals surface area contributed by atoms with Gasteiger partial charge >= 0.3 is 0 Å². The fraction of sp³-hybridized carbons (Fsp3) is 0.381. The van der Waals surface area contributed by atoms with Crippen molar-refractivity contribution in [2.24, 2.45) is 0 Å². The molecule has 2 aromatic rings. The number of carbonyl (C=O) groups is 1. The van der Waals surface area contributed by atoms with Crippen molar-refractivity contribution in [3.8, 4) is 5.75 Å². The van der Waals surface area contributed by atoms with E-state index < -0.39 is 5.41 Å². The number of aryl methyl sites for hydroxylation is 1. The first kappa shape index (κ1) is 19.0. The quantitative estimate of drug-likeness (QED) is 0.778. The fourth-order valence-electron chi connectivity index (χ4n) is 2.76. The minimum absolute atomic E-state index is 0.00192. The molecule has 0 radical (unpaired) electrons. The molecule has 0 heterocycles. The summed E-state index contributed by atoms with van der Waals surface area (Å²) in [7, 11) is 1.64. The standard InChI is InChI=1S/C21H26FNO2/c1-21(2,18-8-4-5-9-19(18)22)15-23-20(24)10-6-7-16-11-13-17(25-3)14-12-16/h4-5,8-9,11-14H,6-7,10,15H2,1-3H3,(H,23,24). The Balaban J connectivity index is 1.77. The molecule has 4 heteroatoms. The van der Waals surface area contributed by atoms with Crippen LogP contribution in [0.2, 0.25) is 0 Å². The van der Waals surface area contributed by atoms with Crippen LogP contribution in [0.5, 0.6) is 5.75 Å². The van der Waals surface area contributed by atoms with E-state index in [-0.39, 0.29) is 11.7 Å². The van der Waals surface area contributed by atoms with Gasteiger partial charge in [0.2, 0.25) is 5.91 Å². The van der Waals surface area contributed by atoms with Crippen LogP contribution in [0.3, 0.4) is 0 Å². The first-order chi connectivity index (χ1) is 11.9. The van der Waals surface area contributed by atoms with Gasteiger partial charge in [-0.25, -0.2) is 4.39 Å². The van der Waals surface area contributed by atoms with Crippen LogP contribution < -0.4 is 10.1 Å². The van der Waals surface area contributed by atoms with Crippen molar-refractivity contribution in [2.45, 2.75) is 38.5 Å². The molecule has 0 fully saturated rings. The minimum Gasteiger partial charge on any atom is -0.497 e. The molecule has 1 amide bonds. The van der Waals surface area contributed by atoms with Crippen molar-refractivity contribution in [3.05, 3.63) is 65.5 Å². The molecule has 2 rings (SSSR count). The van der Waals surface area contributed by atoms with Gasteiger partial charge in [0.05, 0.1) is 7.11 Å². The number of carbonyl (C=O) groups excluding carboxylic acids is 1. The van der Waals surface area contributed by atoms with Gasteiger partial charge in [-0.2, -0.15) is 0 Å². The van der Waals surface area contributed by atoms with Crippen LogP contribution in [-0.2, 0) is 16.6 Å². The first-order valence-corrected chi connectivity index (χ1v) is 8.57. The number of nitrogens with one attached hydrogen (secondary N) is 1. The summed E-state index contributed by atoms with van der Waals surface area (Å²) >= 11 is 0. The summed E-state index contributed by atoms with van der Waals surface area (Å²) in [5, 5.41) is 2.93. The van der Waals surface area contributed by atoms with Crippen molar-refractivity contribution >= 4 is 5.91 Å². The summed E-state index contributed by atoms with van der Waals surface area (Å²) < 4.78 is 19.1. The Morgan fingerprint density at radius 1 is 1.12 bits per heavy atom. The van der Waals surface area contributed by atoms with Crippen LogP contribution in [0, 0.1) is 5.82 Å². The zero-order chi connectivity index (χ0) is 18.3. The molecule has 0 aliphatic rings. The van der Waals surface area contributed by atoms with Gasteiger partial charge in [-0.15, -0.1) is 0 Å². The molecule has 134 valence electrons. The average Bonchev–Trinajstić information content (AvgIpc) is 2.61. The van der Waals surface area contributed by atoms with Crippen LogP contribution in [0.15, 0.2) is 48.5 Å². The second-order valence-electron chi connectivity index (χ2n) is 6.84. The van der Waals surface area contributed by atoms with Gasteiger partial charge in [-0.3, -0.25) is 4.79 Å². The van der Waals surface area contributed by atoms with Crippen molar-refractivity contribution in [2.75, 3.05) is 13.7 Å². The zero-order valence-electron chi connectivity index (χ0n) is 15.1. The Hall–Kier alpha value is -2.36. The molecular formula is C21H26FNO2. The van der Waals surface area contributed by atoms with Gasteiger partial charge in [0, 0.05) is 18.4 Å². The van der Waals surface area contributed by atoms with E-state index >= 15 is 0 Å². The van der Waals surface area contributed by atoms with E-state index in [1.165, 1.54) is 11.6 Å². The van der Waals surface area contributed by atoms with Gasteiger partial charge in [0.15, 0.2) is 0 Å². The second kappa shape index (κ2) is 8.65. The monoisotopic (exact) mass is 343 g/mol. The van der Waals surface area contributed by atoms with Crippen LogP contribution >= 0.6 is 0 Å². The highest BCUT2D eigenvalue weighted by molar-refractivity contribution is 5.76. The van der Waals surface area contributed by atoms with E-state index in [1.54, 1.807) is 19.2 Å². The molecular weight excluding hydrogens is 317 g/mol. The van der Waals surface area contributed by atoms with E-state index in [0.29, 0.717) is 18.5 Å².